The van der Waals surface area contributed by atoms with E-state index in [0.717, 1.165) is 11.1 Å². The summed E-state index contributed by atoms with van der Waals surface area (Å²) in [6.45, 7) is 3.71. The first-order chi connectivity index (χ1) is 7.58. The van der Waals surface area contributed by atoms with Crippen LogP contribution in [0.1, 0.15) is 11.3 Å². The van der Waals surface area contributed by atoms with Crippen LogP contribution in [0.2, 0.25) is 5.15 Å². The summed E-state index contributed by atoms with van der Waals surface area (Å²) in [6.07, 6.45) is 0. The van der Waals surface area contributed by atoms with E-state index >= 15 is 0 Å². The summed E-state index contributed by atoms with van der Waals surface area (Å²) in [7, 11) is 0. The predicted molar refractivity (Wildman–Crippen MR) is 64.8 cm³/mol. The summed E-state index contributed by atoms with van der Waals surface area (Å²) < 4.78 is 0. The van der Waals surface area contributed by atoms with E-state index in [-0.39, 0.29) is 5.56 Å². The topological polar surface area (TPSA) is 45.8 Å². The van der Waals surface area contributed by atoms with Crippen molar-refractivity contribution in [2.45, 2.75) is 13.8 Å². The fourth-order valence-corrected chi connectivity index (χ4v) is 1.55. The fraction of sp³-hybridized carbons (Fsp3) is 0.167. The van der Waals surface area contributed by atoms with Gasteiger partial charge in [-0.1, -0.05) is 41.4 Å². The summed E-state index contributed by atoms with van der Waals surface area (Å²) in [4.78, 5) is 18.5. The number of halogens is 1. The first kappa shape index (κ1) is 10.9. The second-order valence-corrected chi connectivity index (χ2v) is 4.05. The van der Waals surface area contributed by atoms with E-state index in [2.05, 4.69) is 9.97 Å². The van der Waals surface area contributed by atoms with Gasteiger partial charge < -0.3 is 4.98 Å². The van der Waals surface area contributed by atoms with Crippen molar-refractivity contribution in [2.24, 2.45) is 0 Å². The summed E-state index contributed by atoms with van der Waals surface area (Å²) >= 11 is 5.89. The van der Waals surface area contributed by atoms with Crippen LogP contribution in [0, 0.1) is 13.8 Å². The maximum Gasteiger partial charge on any atom is 0.274 e. The number of aromatic amines is 1. The van der Waals surface area contributed by atoms with Crippen molar-refractivity contribution >= 4 is 11.6 Å². The maximum atomic E-state index is 11.7. The SMILES string of the molecule is Cc1ccc(-c2nc(Cl)c(C)[nH]c2=O)cc1. The van der Waals surface area contributed by atoms with Gasteiger partial charge in [0.25, 0.3) is 5.56 Å². The van der Waals surface area contributed by atoms with Crippen LogP contribution >= 0.6 is 11.6 Å². The predicted octanol–water partition coefficient (Wildman–Crippen LogP) is 2.71. The smallest absolute Gasteiger partial charge is 0.274 e. The van der Waals surface area contributed by atoms with Gasteiger partial charge in [-0.15, -0.1) is 0 Å². The molecule has 0 amide bonds. The molecule has 0 unspecified atom stereocenters. The zero-order valence-electron chi connectivity index (χ0n) is 9.04. The Kier molecular flexibility index (Phi) is 2.79. The molecule has 1 aromatic carbocycles. The largest absolute Gasteiger partial charge is 0.322 e. The number of hydrogen-bond acceptors (Lipinski definition) is 2. The van der Waals surface area contributed by atoms with Crippen LogP contribution in [0.5, 0.6) is 0 Å². The highest BCUT2D eigenvalue weighted by Gasteiger charge is 2.07. The monoisotopic (exact) mass is 234 g/mol. The van der Waals surface area contributed by atoms with Gasteiger partial charge in [-0.2, -0.15) is 0 Å². The van der Waals surface area contributed by atoms with Gasteiger partial charge in [0.05, 0.1) is 5.69 Å². The van der Waals surface area contributed by atoms with Gasteiger partial charge in [0, 0.05) is 5.56 Å². The lowest BCUT2D eigenvalue weighted by Crippen LogP contribution is -2.13. The summed E-state index contributed by atoms with van der Waals surface area (Å²) in [5.41, 5.74) is 2.64. The van der Waals surface area contributed by atoms with Crippen molar-refractivity contribution in [3.8, 4) is 11.3 Å². The fourth-order valence-electron chi connectivity index (χ4n) is 1.42. The molecule has 0 aliphatic carbocycles. The molecule has 1 N–H and O–H groups in total. The number of aromatic nitrogens is 2. The minimum atomic E-state index is -0.217. The molecule has 0 atom stereocenters. The van der Waals surface area contributed by atoms with Crippen LogP contribution in [-0.2, 0) is 0 Å². The lowest BCUT2D eigenvalue weighted by molar-refractivity contribution is 1.07. The zero-order valence-corrected chi connectivity index (χ0v) is 9.80. The number of H-pyrrole nitrogens is 1. The molecule has 0 spiro atoms. The van der Waals surface area contributed by atoms with Crippen LogP contribution in [-0.4, -0.2) is 9.97 Å². The highest BCUT2D eigenvalue weighted by Crippen LogP contribution is 2.16. The minimum absolute atomic E-state index is 0.217. The highest BCUT2D eigenvalue weighted by molar-refractivity contribution is 6.30. The second kappa shape index (κ2) is 4.10. The van der Waals surface area contributed by atoms with Gasteiger partial charge >= 0.3 is 0 Å². The average molecular weight is 235 g/mol. The van der Waals surface area contributed by atoms with E-state index in [1.54, 1.807) is 6.92 Å². The van der Waals surface area contributed by atoms with Crippen molar-refractivity contribution in [3.05, 3.63) is 51.0 Å². The number of hydrogen-bond donors (Lipinski definition) is 1. The summed E-state index contributed by atoms with van der Waals surface area (Å²) in [6, 6.07) is 7.59. The van der Waals surface area contributed by atoms with Gasteiger partial charge in [0.1, 0.15) is 10.8 Å². The molecular weight excluding hydrogens is 224 g/mol. The van der Waals surface area contributed by atoms with Gasteiger partial charge in [0.15, 0.2) is 0 Å². The standard InChI is InChI=1S/C12H11ClN2O/c1-7-3-5-9(6-4-7)10-12(16)14-8(2)11(13)15-10/h3-6H,1-2H3,(H,14,16). The molecule has 0 aliphatic heterocycles. The Hall–Kier alpha value is -1.61. The number of rotatable bonds is 1. The molecular formula is C12H11ClN2O. The Morgan fingerprint density at radius 1 is 1.19 bits per heavy atom. The zero-order chi connectivity index (χ0) is 11.7. The van der Waals surface area contributed by atoms with Gasteiger partial charge in [-0.25, -0.2) is 4.98 Å². The lowest BCUT2D eigenvalue weighted by atomic mass is 10.1. The number of nitrogens with zero attached hydrogens (tertiary/aromatic N) is 1. The van der Waals surface area contributed by atoms with Crippen LogP contribution in [0.25, 0.3) is 11.3 Å². The van der Waals surface area contributed by atoms with E-state index in [9.17, 15) is 4.79 Å². The van der Waals surface area contributed by atoms with E-state index in [4.69, 9.17) is 11.6 Å². The minimum Gasteiger partial charge on any atom is -0.322 e. The normalized spacial score (nSPS) is 10.4. The molecule has 0 aliphatic rings. The molecule has 0 saturated heterocycles. The lowest BCUT2D eigenvalue weighted by Gasteiger charge is -2.03. The van der Waals surface area contributed by atoms with Crippen LogP contribution in [0.3, 0.4) is 0 Å². The molecule has 2 rings (SSSR count). The third kappa shape index (κ3) is 1.99. The summed E-state index contributed by atoms with van der Waals surface area (Å²) in [5, 5.41) is 0.329. The van der Waals surface area contributed by atoms with Gasteiger partial charge in [0.2, 0.25) is 0 Å². The molecule has 0 fully saturated rings. The van der Waals surface area contributed by atoms with E-state index < -0.39 is 0 Å². The van der Waals surface area contributed by atoms with Crippen molar-refractivity contribution < 1.29 is 0 Å². The molecule has 0 saturated carbocycles. The van der Waals surface area contributed by atoms with Gasteiger partial charge in [-0.05, 0) is 13.8 Å². The Morgan fingerprint density at radius 3 is 2.44 bits per heavy atom. The first-order valence-electron chi connectivity index (χ1n) is 4.91. The molecule has 16 heavy (non-hydrogen) atoms. The molecule has 82 valence electrons. The van der Waals surface area contributed by atoms with E-state index in [1.165, 1.54) is 0 Å². The molecule has 1 aromatic heterocycles. The quantitative estimate of drug-likeness (QED) is 0.825. The Morgan fingerprint density at radius 2 is 1.81 bits per heavy atom. The molecule has 0 radical (unpaired) electrons. The van der Waals surface area contributed by atoms with Crippen molar-refractivity contribution in [3.63, 3.8) is 0 Å². The van der Waals surface area contributed by atoms with E-state index in [1.807, 2.05) is 31.2 Å². The first-order valence-corrected chi connectivity index (χ1v) is 5.29. The van der Waals surface area contributed by atoms with Crippen molar-refractivity contribution in [2.75, 3.05) is 0 Å². The number of benzene rings is 1. The Bertz CT molecular complexity index is 573. The second-order valence-electron chi connectivity index (χ2n) is 3.70. The Balaban J connectivity index is 2.60. The maximum absolute atomic E-state index is 11.7. The highest BCUT2D eigenvalue weighted by atomic mass is 35.5. The molecule has 2 aromatic rings. The van der Waals surface area contributed by atoms with Crippen LogP contribution < -0.4 is 5.56 Å². The molecule has 1 heterocycles. The third-order valence-electron chi connectivity index (χ3n) is 2.36. The van der Waals surface area contributed by atoms with Crippen molar-refractivity contribution in [1.29, 1.82) is 0 Å². The van der Waals surface area contributed by atoms with E-state index in [0.29, 0.717) is 16.5 Å². The average Bonchev–Trinajstić information content (AvgIpc) is 2.25. The number of nitrogens with one attached hydrogen (secondary N) is 1. The Labute approximate surface area is 98.1 Å². The molecule has 0 bridgehead atoms. The van der Waals surface area contributed by atoms with Crippen LogP contribution in [0.4, 0.5) is 0 Å². The third-order valence-corrected chi connectivity index (χ3v) is 2.73. The number of aryl methyl sites for hydroxylation is 2. The van der Waals surface area contributed by atoms with Crippen molar-refractivity contribution in [1.82, 2.24) is 9.97 Å². The summed E-state index contributed by atoms with van der Waals surface area (Å²) in [5.74, 6) is 0. The van der Waals surface area contributed by atoms with Crippen LogP contribution in [0.15, 0.2) is 29.1 Å². The van der Waals surface area contributed by atoms with Gasteiger partial charge in [-0.3, -0.25) is 4.79 Å². The molecule has 4 heteroatoms. The molecule has 3 nitrogen and oxygen atoms in total.